The van der Waals surface area contributed by atoms with Gasteiger partial charge in [-0.15, -0.1) is 0 Å². The molecule has 0 radical (unpaired) electrons. The fourth-order valence-electron chi connectivity index (χ4n) is 3.59. The van der Waals surface area contributed by atoms with Crippen molar-refractivity contribution in [2.45, 2.75) is 32.7 Å². The molecule has 0 unspecified atom stereocenters. The molecule has 6 nitrogen and oxygen atoms in total. The van der Waals surface area contributed by atoms with Gasteiger partial charge in [0.25, 0.3) is 5.91 Å². The summed E-state index contributed by atoms with van der Waals surface area (Å²) >= 11 is 5.93. The van der Waals surface area contributed by atoms with Crippen LogP contribution in [0.1, 0.15) is 47.4 Å². The van der Waals surface area contributed by atoms with Crippen molar-refractivity contribution in [3.63, 3.8) is 0 Å². The fraction of sp³-hybridized carbons (Fsp3) is 0.421. The first-order chi connectivity index (χ1) is 12.3. The van der Waals surface area contributed by atoms with Gasteiger partial charge in [0.1, 0.15) is 0 Å². The molecule has 3 rings (SSSR count). The molecule has 1 N–H and O–H groups in total. The minimum atomic E-state index is -0.894. The van der Waals surface area contributed by atoms with Crippen molar-refractivity contribution in [2.24, 2.45) is 5.92 Å². The minimum absolute atomic E-state index is 0.156. The van der Waals surface area contributed by atoms with E-state index in [2.05, 4.69) is 5.10 Å². The second-order valence-corrected chi connectivity index (χ2v) is 7.43. The van der Waals surface area contributed by atoms with Crippen LogP contribution < -0.4 is 0 Å². The predicted molar refractivity (Wildman–Crippen MR) is 98.6 cm³/mol. The van der Waals surface area contributed by atoms with E-state index in [4.69, 9.17) is 11.6 Å². The maximum absolute atomic E-state index is 13.0. The molecule has 1 saturated heterocycles. The second-order valence-electron chi connectivity index (χ2n) is 6.99. The van der Waals surface area contributed by atoms with E-state index in [1.807, 2.05) is 32.9 Å². The van der Waals surface area contributed by atoms with Crippen LogP contribution in [-0.4, -0.2) is 44.8 Å². The van der Waals surface area contributed by atoms with Gasteiger partial charge in [0.05, 0.1) is 17.7 Å². The molecule has 2 atom stereocenters. The molecule has 1 amide bonds. The van der Waals surface area contributed by atoms with Gasteiger partial charge < -0.3 is 10.0 Å². The average molecular weight is 376 g/mol. The molecule has 7 heteroatoms. The maximum atomic E-state index is 13.0. The Kier molecular flexibility index (Phi) is 5.05. The van der Waals surface area contributed by atoms with E-state index in [9.17, 15) is 14.7 Å². The van der Waals surface area contributed by atoms with Gasteiger partial charge in [0.2, 0.25) is 0 Å². The first-order valence-corrected chi connectivity index (χ1v) is 8.99. The Morgan fingerprint density at radius 3 is 2.42 bits per heavy atom. The monoisotopic (exact) mass is 375 g/mol. The highest BCUT2D eigenvalue weighted by Crippen LogP contribution is 2.34. The summed E-state index contributed by atoms with van der Waals surface area (Å²) in [5.74, 6) is -1.96. The van der Waals surface area contributed by atoms with Crippen LogP contribution in [0.2, 0.25) is 5.02 Å². The zero-order valence-electron chi connectivity index (χ0n) is 15.0. The predicted octanol–water partition coefficient (Wildman–Crippen LogP) is 3.37. The molecular weight excluding hydrogens is 354 g/mol. The largest absolute Gasteiger partial charge is 0.481 e. The lowest BCUT2D eigenvalue weighted by Gasteiger charge is -2.17. The van der Waals surface area contributed by atoms with E-state index in [1.54, 1.807) is 27.9 Å². The summed E-state index contributed by atoms with van der Waals surface area (Å²) in [7, 11) is 0. The molecule has 138 valence electrons. The molecule has 0 spiro atoms. The van der Waals surface area contributed by atoms with Gasteiger partial charge in [-0.25, -0.2) is 0 Å². The summed E-state index contributed by atoms with van der Waals surface area (Å²) in [6, 6.07) is 7.32. The Balaban J connectivity index is 1.86. The van der Waals surface area contributed by atoms with Crippen molar-refractivity contribution in [3.8, 4) is 0 Å². The van der Waals surface area contributed by atoms with E-state index in [1.165, 1.54) is 0 Å². The fourth-order valence-corrected chi connectivity index (χ4v) is 3.72. The summed E-state index contributed by atoms with van der Waals surface area (Å²) in [6.45, 7) is 6.42. The molecule has 1 aliphatic heterocycles. The Bertz CT molecular complexity index is 829. The normalized spacial score (nSPS) is 20.0. The molecule has 1 aromatic heterocycles. The van der Waals surface area contributed by atoms with E-state index >= 15 is 0 Å². The third-order valence-electron chi connectivity index (χ3n) is 4.99. The van der Waals surface area contributed by atoms with Crippen LogP contribution in [-0.2, 0) is 4.79 Å². The van der Waals surface area contributed by atoms with Crippen LogP contribution in [0, 0.1) is 12.8 Å². The second kappa shape index (κ2) is 7.11. The van der Waals surface area contributed by atoms with Crippen LogP contribution in [0.3, 0.4) is 0 Å². The smallest absolute Gasteiger partial charge is 0.308 e. The quantitative estimate of drug-likeness (QED) is 0.888. The van der Waals surface area contributed by atoms with Gasteiger partial charge in [-0.3, -0.25) is 14.3 Å². The summed E-state index contributed by atoms with van der Waals surface area (Å²) in [5, 5.41) is 14.5. The number of aliphatic carboxylic acids is 1. The average Bonchev–Trinajstić information content (AvgIpc) is 3.19. The van der Waals surface area contributed by atoms with Crippen LogP contribution >= 0.6 is 11.6 Å². The summed E-state index contributed by atoms with van der Waals surface area (Å²) in [5.41, 5.74) is 2.21. The van der Waals surface area contributed by atoms with Gasteiger partial charge >= 0.3 is 5.97 Å². The number of amides is 1. The molecule has 1 aliphatic rings. The van der Waals surface area contributed by atoms with E-state index in [0.29, 0.717) is 17.1 Å². The topological polar surface area (TPSA) is 75.4 Å². The third-order valence-corrected chi connectivity index (χ3v) is 5.24. The first-order valence-electron chi connectivity index (χ1n) is 8.61. The molecule has 0 saturated carbocycles. The Morgan fingerprint density at radius 1 is 1.23 bits per heavy atom. The van der Waals surface area contributed by atoms with Gasteiger partial charge in [-0.1, -0.05) is 23.7 Å². The van der Waals surface area contributed by atoms with Crippen LogP contribution in [0.15, 0.2) is 30.5 Å². The van der Waals surface area contributed by atoms with Crippen LogP contribution in [0.5, 0.6) is 0 Å². The molecule has 2 heterocycles. The SMILES string of the molecule is Cc1c(C(=O)N2C[C@@H](C(=O)O)[C@H](c3ccc(Cl)cc3)C2)cnn1C(C)C. The molecule has 0 bridgehead atoms. The minimum Gasteiger partial charge on any atom is -0.481 e. The number of rotatable bonds is 4. The summed E-state index contributed by atoms with van der Waals surface area (Å²) in [6.07, 6.45) is 1.57. The zero-order valence-corrected chi connectivity index (χ0v) is 15.8. The number of carbonyl (C=O) groups excluding carboxylic acids is 1. The molecule has 2 aromatic rings. The highest BCUT2D eigenvalue weighted by Gasteiger charge is 2.41. The van der Waals surface area contributed by atoms with Crippen molar-refractivity contribution in [2.75, 3.05) is 13.1 Å². The van der Waals surface area contributed by atoms with Crippen molar-refractivity contribution in [1.82, 2.24) is 14.7 Å². The molecule has 0 aliphatic carbocycles. The Labute approximate surface area is 157 Å². The maximum Gasteiger partial charge on any atom is 0.308 e. The van der Waals surface area contributed by atoms with Crippen molar-refractivity contribution in [1.29, 1.82) is 0 Å². The molecular formula is C19H22ClN3O3. The lowest BCUT2D eigenvalue weighted by atomic mass is 9.89. The number of nitrogens with zero attached hydrogens (tertiary/aromatic N) is 3. The van der Waals surface area contributed by atoms with Crippen LogP contribution in [0.4, 0.5) is 0 Å². The third kappa shape index (κ3) is 3.33. The standard InChI is InChI=1S/C19H22ClN3O3/c1-11(2)23-12(3)15(8-21-23)18(24)22-9-16(17(10-22)19(25)26)13-4-6-14(20)7-5-13/h4-8,11,16-17H,9-10H2,1-3H3,(H,25,26)/t16-,17+/m0/s1. The number of benzene rings is 1. The molecule has 1 aromatic carbocycles. The number of aromatic nitrogens is 2. The van der Waals surface area contributed by atoms with Crippen molar-refractivity contribution in [3.05, 3.63) is 52.3 Å². The molecule has 1 fully saturated rings. The van der Waals surface area contributed by atoms with Crippen LogP contribution in [0.25, 0.3) is 0 Å². The summed E-state index contributed by atoms with van der Waals surface area (Å²) < 4.78 is 1.80. The van der Waals surface area contributed by atoms with Gasteiger partial charge in [0.15, 0.2) is 0 Å². The number of carboxylic acids is 1. The number of carboxylic acid groups (broad SMARTS) is 1. The zero-order chi connectivity index (χ0) is 19.0. The Morgan fingerprint density at radius 2 is 1.88 bits per heavy atom. The van der Waals surface area contributed by atoms with E-state index < -0.39 is 11.9 Å². The van der Waals surface area contributed by atoms with E-state index in [0.717, 1.165) is 11.3 Å². The van der Waals surface area contributed by atoms with Gasteiger partial charge in [0, 0.05) is 35.8 Å². The lowest BCUT2D eigenvalue weighted by molar-refractivity contribution is -0.141. The highest BCUT2D eigenvalue weighted by molar-refractivity contribution is 6.30. The summed E-state index contributed by atoms with van der Waals surface area (Å²) in [4.78, 5) is 26.3. The van der Waals surface area contributed by atoms with Gasteiger partial charge in [-0.05, 0) is 38.5 Å². The molecule has 26 heavy (non-hydrogen) atoms. The highest BCUT2D eigenvalue weighted by atomic mass is 35.5. The van der Waals surface area contributed by atoms with Crippen molar-refractivity contribution >= 4 is 23.5 Å². The Hall–Kier alpha value is -2.34. The lowest BCUT2D eigenvalue weighted by Crippen LogP contribution is -2.30. The van der Waals surface area contributed by atoms with Crippen molar-refractivity contribution < 1.29 is 14.7 Å². The number of hydrogen-bond acceptors (Lipinski definition) is 3. The first kappa shape index (κ1) is 18.5. The number of carbonyl (C=O) groups is 2. The van der Waals surface area contributed by atoms with Gasteiger partial charge in [-0.2, -0.15) is 5.10 Å². The number of likely N-dealkylation sites (tertiary alicyclic amines) is 1. The van der Waals surface area contributed by atoms with E-state index in [-0.39, 0.29) is 24.4 Å². The number of hydrogen-bond donors (Lipinski definition) is 1. The number of halogens is 1.